The number of hydrogen-bond acceptors (Lipinski definition) is 1. The minimum absolute atomic E-state index is 0.920. The molecule has 1 saturated heterocycles. The van der Waals surface area contributed by atoms with Crippen LogP contribution in [0.5, 0.6) is 0 Å². The van der Waals surface area contributed by atoms with Crippen LogP contribution in [0, 0.1) is 11.8 Å². The van der Waals surface area contributed by atoms with Gasteiger partial charge in [-0.3, -0.25) is 0 Å². The molecule has 14 heavy (non-hydrogen) atoms. The fourth-order valence-corrected chi connectivity index (χ4v) is 2.05. The van der Waals surface area contributed by atoms with Gasteiger partial charge in [0, 0.05) is 13.1 Å². The highest BCUT2D eigenvalue weighted by Gasteiger charge is 2.19. The lowest BCUT2D eigenvalue weighted by Crippen LogP contribution is -2.38. The van der Waals surface area contributed by atoms with E-state index < -0.39 is 0 Å². The van der Waals surface area contributed by atoms with E-state index in [4.69, 9.17) is 0 Å². The van der Waals surface area contributed by atoms with Gasteiger partial charge in [-0.05, 0) is 24.8 Å². The SMILES string of the molecule is CC.CC.CCN1CC(C)CC(C)C1. The first kappa shape index (κ1) is 16.4. The summed E-state index contributed by atoms with van der Waals surface area (Å²) < 4.78 is 0. The Bertz CT molecular complexity index is 91.4. The summed E-state index contributed by atoms with van der Waals surface area (Å²) in [6, 6.07) is 0. The van der Waals surface area contributed by atoms with Crippen LogP contribution >= 0.6 is 0 Å². The molecule has 1 aliphatic rings. The first-order chi connectivity index (χ1) is 6.72. The molecule has 0 aromatic rings. The van der Waals surface area contributed by atoms with E-state index in [1.807, 2.05) is 27.7 Å². The van der Waals surface area contributed by atoms with E-state index in [1.54, 1.807) is 0 Å². The monoisotopic (exact) mass is 201 g/mol. The number of rotatable bonds is 1. The minimum Gasteiger partial charge on any atom is -0.303 e. The molecule has 0 aromatic carbocycles. The maximum atomic E-state index is 2.55. The van der Waals surface area contributed by atoms with Gasteiger partial charge in [-0.15, -0.1) is 0 Å². The summed E-state index contributed by atoms with van der Waals surface area (Å²) in [5, 5.41) is 0. The second-order valence-corrected chi connectivity index (χ2v) is 3.80. The molecule has 1 rings (SSSR count). The highest BCUT2D eigenvalue weighted by atomic mass is 15.1. The van der Waals surface area contributed by atoms with Gasteiger partial charge in [0.25, 0.3) is 0 Å². The van der Waals surface area contributed by atoms with Crippen molar-refractivity contribution in [1.29, 1.82) is 0 Å². The van der Waals surface area contributed by atoms with Crippen molar-refractivity contribution < 1.29 is 0 Å². The van der Waals surface area contributed by atoms with E-state index in [-0.39, 0.29) is 0 Å². The Hall–Kier alpha value is -0.0400. The maximum absolute atomic E-state index is 2.55. The predicted octanol–water partition coefficient (Wildman–Crippen LogP) is 4.04. The Morgan fingerprint density at radius 3 is 1.57 bits per heavy atom. The molecule has 2 unspecified atom stereocenters. The van der Waals surface area contributed by atoms with Gasteiger partial charge in [-0.2, -0.15) is 0 Å². The molecule has 0 N–H and O–H groups in total. The van der Waals surface area contributed by atoms with Crippen molar-refractivity contribution >= 4 is 0 Å². The summed E-state index contributed by atoms with van der Waals surface area (Å²) in [6.45, 7) is 18.8. The molecule has 0 radical (unpaired) electrons. The Labute approximate surface area is 91.9 Å². The standard InChI is InChI=1S/C9H19N.2C2H6/c1-4-10-6-8(2)5-9(3)7-10;2*1-2/h8-9H,4-7H2,1-3H3;2*1-2H3. The molecule has 0 aromatic heterocycles. The molecule has 0 spiro atoms. The maximum Gasteiger partial charge on any atom is 0.000712 e. The quantitative estimate of drug-likeness (QED) is 0.619. The number of nitrogens with zero attached hydrogens (tertiary/aromatic N) is 1. The van der Waals surface area contributed by atoms with E-state index in [2.05, 4.69) is 25.7 Å². The average molecular weight is 201 g/mol. The van der Waals surface area contributed by atoms with Crippen LogP contribution in [0.3, 0.4) is 0 Å². The van der Waals surface area contributed by atoms with Crippen molar-refractivity contribution in [3.05, 3.63) is 0 Å². The predicted molar refractivity (Wildman–Crippen MR) is 67.8 cm³/mol. The fraction of sp³-hybridized carbons (Fsp3) is 1.00. The topological polar surface area (TPSA) is 3.24 Å². The summed E-state index contributed by atoms with van der Waals surface area (Å²) in [6.07, 6.45) is 1.43. The summed E-state index contributed by atoms with van der Waals surface area (Å²) in [7, 11) is 0. The second kappa shape index (κ2) is 11.0. The van der Waals surface area contributed by atoms with Crippen molar-refractivity contribution in [2.75, 3.05) is 19.6 Å². The van der Waals surface area contributed by atoms with Crippen molar-refractivity contribution in [1.82, 2.24) is 4.90 Å². The van der Waals surface area contributed by atoms with Crippen LogP contribution in [-0.2, 0) is 0 Å². The molecule has 2 atom stereocenters. The Morgan fingerprint density at radius 2 is 1.29 bits per heavy atom. The van der Waals surface area contributed by atoms with Gasteiger partial charge >= 0.3 is 0 Å². The minimum atomic E-state index is 0.920. The molecule has 88 valence electrons. The lowest BCUT2D eigenvalue weighted by molar-refractivity contribution is 0.148. The van der Waals surface area contributed by atoms with Gasteiger partial charge in [0.05, 0.1) is 0 Å². The molecule has 0 saturated carbocycles. The van der Waals surface area contributed by atoms with Crippen LogP contribution in [0.2, 0.25) is 0 Å². The smallest absolute Gasteiger partial charge is 0.000712 e. The van der Waals surface area contributed by atoms with E-state index in [1.165, 1.54) is 26.1 Å². The van der Waals surface area contributed by atoms with Gasteiger partial charge in [0.15, 0.2) is 0 Å². The molecule has 1 nitrogen and oxygen atoms in total. The zero-order chi connectivity index (χ0) is 11.6. The third-order valence-corrected chi connectivity index (χ3v) is 2.39. The summed E-state index contributed by atoms with van der Waals surface area (Å²) in [4.78, 5) is 2.55. The van der Waals surface area contributed by atoms with Crippen LogP contribution in [0.15, 0.2) is 0 Å². The molecule has 0 aliphatic carbocycles. The largest absolute Gasteiger partial charge is 0.303 e. The molecular weight excluding hydrogens is 170 g/mol. The third-order valence-electron chi connectivity index (χ3n) is 2.39. The highest BCUT2D eigenvalue weighted by molar-refractivity contribution is 4.73. The van der Waals surface area contributed by atoms with Crippen LogP contribution in [0.25, 0.3) is 0 Å². The third kappa shape index (κ3) is 7.37. The molecule has 1 heterocycles. The van der Waals surface area contributed by atoms with Crippen LogP contribution in [0.1, 0.15) is 54.9 Å². The van der Waals surface area contributed by atoms with Gasteiger partial charge in [-0.25, -0.2) is 0 Å². The summed E-state index contributed by atoms with van der Waals surface area (Å²) in [5.74, 6) is 1.84. The van der Waals surface area contributed by atoms with Crippen molar-refractivity contribution in [2.24, 2.45) is 11.8 Å². The van der Waals surface area contributed by atoms with E-state index >= 15 is 0 Å². The molecular formula is C13H31N. The van der Waals surface area contributed by atoms with Crippen LogP contribution in [-0.4, -0.2) is 24.5 Å². The summed E-state index contributed by atoms with van der Waals surface area (Å²) >= 11 is 0. The Kier molecular flexibility index (Phi) is 12.9. The van der Waals surface area contributed by atoms with Crippen LogP contribution < -0.4 is 0 Å². The number of hydrogen-bond donors (Lipinski definition) is 0. The Morgan fingerprint density at radius 1 is 0.929 bits per heavy atom. The lowest BCUT2D eigenvalue weighted by atomic mass is 9.92. The molecule has 0 bridgehead atoms. The zero-order valence-corrected chi connectivity index (χ0v) is 11.4. The van der Waals surface area contributed by atoms with E-state index in [0.717, 1.165) is 11.8 Å². The first-order valence-electron chi connectivity index (χ1n) is 6.44. The van der Waals surface area contributed by atoms with Crippen LogP contribution in [0.4, 0.5) is 0 Å². The highest BCUT2D eigenvalue weighted by Crippen LogP contribution is 2.19. The van der Waals surface area contributed by atoms with Gasteiger partial charge in [0.1, 0.15) is 0 Å². The van der Waals surface area contributed by atoms with Gasteiger partial charge < -0.3 is 4.90 Å². The Balaban J connectivity index is 0. The normalized spacial score (nSPS) is 26.8. The van der Waals surface area contributed by atoms with E-state index in [9.17, 15) is 0 Å². The molecule has 0 amide bonds. The molecule has 1 heteroatoms. The average Bonchev–Trinajstić information content (AvgIpc) is 2.22. The van der Waals surface area contributed by atoms with Crippen molar-refractivity contribution in [2.45, 2.75) is 54.9 Å². The van der Waals surface area contributed by atoms with E-state index in [0.29, 0.717) is 0 Å². The van der Waals surface area contributed by atoms with Gasteiger partial charge in [0.2, 0.25) is 0 Å². The zero-order valence-electron chi connectivity index (χ0n) is 11.4. The second-order valence-electron chi connectivity index (χ2n) is 3.80. The number of piperidine rings is 1. The van der Waals surface area contributed by atoms with Crippen molar-refractivity contribution in [3.8, 4) is 0 Å². The van der Waals surface area contributed by atoms with Gasteiger partial charge in [-0.1, -0.05) is 48.5 Å². The fourth-order valence-electron chi connectivity index (χ4n) is 2.05. The van der Waals surface area contributed by atoms with Crippen molar-refractivity contribution in [3.63, 3.8) is 0 Å². The molecule has 1 fully saturated rings. The number of likely N-dealkylation sites (tertiary alicyclic amines) is 1. The first-order valence-corrected chi connectivity index (χ1v) is 6.44. The molecule has 1 aliphatic heterocycles. The summed E-state index contributed by atoms with van der Waals surface area (Å²) in [5.41, 5.74) is 0. The lowest BCUT2D eigenvalue weighted by Gasteiger charge is -2.33.